The molecule has 0 atom stereocenters. The van der Waals surface area contributed by atoms with E-state index in [2.05, 4.69) is 21.1 Å². The van der Waals surface area contributed by atoms with Crippen molar-refractivity contribution in [2.75, 3.05) is 0 Å². The summed E-state index contributed by atoms with van der Waals surface area (Å²) in [6.07, 6.45) is -9.10. The molecule has 38 heavy (non-hydrogen) atoms. The molecule has 0 aliphatic carbocycles. The summed E-state index contributed by atoms with van der Waals surface area (Å²) in [5, 5.41) is 8.00. The molecule has 0 radical (unpaired) electrons. The van der Waals surface area contributed by atoms with Crippen LogP contribution in [0.2, 0.25) is 0 Å². The summed E-state index contributed by atoms with van der Waals surface area (Å²) in [5.74, 6) is 1.58. The van der Waals surface area contributed by atoms with Crippen LogP contribution in [-0.4, -0.2) is 12.4 Å². The molecule has 0 unspecified atom stereocenters. The highest BCUT2D eigenvalue weighted by atomic mass is 19.4. The number of nitrogens with one attached hydrogen (secondary N) is 2. The average Bonchev–Trinajstić information content (AvgIpc) is 3.78. The van der Waals surface area contributed by atoms with Gasteiger partial charge in [0.1, 0.15) is 23.0 Å². The standard InChI is InChI=1S/C26H16F6N4O2/c27-25(28,29)23(33-34-23)17-3-9-19(10-4-17)37-21-7-1-15-2-8-22(14-16(15)13-21)38-20-11-5-18(6-12-20)24(35-36-24)26(30,31)32/h1-14,33-34H. The van der Waals surface area contributed by atoms with Crippen LogP contribution in [0.3, 0.4) is 0 Å². The first kappa shape index (κ1) is 24.2. The average molecular weight is 530 g/mol. The van der Waals surface area contributed by atoms with Crippen molar-refractivity contribution >= 4 is 10.8 Å². The molecule has 0 saturated carbocycles. The molecule has 4 aromatic rings. The minimum absolute atomic E-state index is 0.0141. The zero-order valence-corrected chi connectivity index (χ0v) is 19.1. The van der Waals surface area contributed by atoms with E-state index in [1.807, 2.05) is 12.1 Å². The number of nitrogens with zero attached hydrogens (tertiary/aromatic N) is 2. The lowest BCUT2D eigenvalue weighted by Gasteiger charge is -2.16. The number of halogens is 6. The van der Waals surface area contributed by atoms with Crippen molar-refractivity contribution in [3.63, 3.8) is 0 Å². The van der Waals surface area contributed by atoms with Crippen molar-refractivity contribution in [2.24, 2.45) is 10.2 Å². The largest absolute Gasteiger partial charge is 0.457 e. The van der Waals surface area contributed by atoms with Crippen LogP contribution in [0.15, 0.2) is 95.2 Å². The first-order chi connectivity index (χ1) is 18.0. The van der Waals surface area contributed by atoms with Crippen LogP contribution in [0.1, 0.15) is 11.1 Å². The van der Waals surface area contributed by atoms with E-state index < -0.39 is 23.7 Å². The monoisotopic (exact) mass is 530 g/mol. The van der Waals surface area contributed by atoms with E-state index >= 15 is 0 Å². The SMILES string of the molecule is FC(F)(F)C1(c2ccc(Oc3ccc4ccc(Oc5ccc(C6(C(F)(F)F)NN6)cc5)cc4c3)cc2)N=N1. The molecule has 2 N–H and O–H groups in total. The fourth-order valence-corrected chi connectivity index (χ4v) is 4.09. The lowest BCUT2D eigenvalue weighted by atomic mass is 10.0. The molecule has 4 aromatic carbocycles. The number of fused-ring (bicyclic) bond motifs is 1. The molecular formula is C26H16F6N4O2. The van der Waals surface area contributed by atoms with Gasteiger partial charge in [-0.1, -0.05) is 36.4 Å². The van der Waals surface area contributed by atoms with E-state index in [0.29, 0.717) is 23.0 Å². The van der Waals surface area contributed by atoms with Crippen LogP contribution < -0.4 is 20.3 Å². The minimum atomic E-state index is -4.60. The highest BCUT2D eigenvalue weighted by molar-refractivity contribution is 5.85. The Morgan fingerprint density at radius 3 is 1.37 bits per heavy atom. The van der Waals surface area contributed by atoms with Gasteiger partial charge >= 0.3 is 18.0 Å². The summed E-state index contributed by atoms with van der Waals surface area (Å²) in [4.78, 5) is 0. The molecule has 0 amide bonds. The highest BCUT2D eigenvalue weighted by Crippen LogP contribution is 2.52. The van der Waals surface area contributed by atoms with E-state index in [0.717, 1.165) is 10.8 Å². The van der Waals surface area contributed by atoms with Crippen LogP contribution in [0.25, 0.3) is 10.8 Å². The van der Waals surface area contributed by atoms with E-state index in [1.54, 1.807) is 24.3 Å². The molecular weight excluding hydrogens is 514 g/mol. The molecule has 12 heteroatoms. The Hall–Kier alpha value is -4.16. The van der Waals surface area contributed by atoms with Crippen LogP contribution in [-0.2, 0) is 11.3 Å². The van der Waals surface area contributed by atoms with Gasteiger partial charge < -0.3 is 9.47 Å². The summed E-state index contributed by atoms with van der Waals surface area (Å²) in [6, 6.07) is 21.5. The Kier molecular flexibility index (Phi) is 5.20. The van der Waals surface area contributed by atoms with Gasteiger partial charge in [0.2, 0.25) is 5.66 Å². The van der Waals surface area contributed by atoms with Crippen molar-refractivity contribution in [3.8, 4) is 23.0 Å². The molecule has 2 heterocycles. The maximum absolute atomic E-state index is 13.2. The van der Waals surface area contributed by atoms with Crippen molar-refractivity contribution in [3.05, 3.63) is 96.1 Å². The van der Waals surface area contributed by atoms with E-state index in [9.17, 15) is 26.3 Å². The molecule has 6 rings (SSSR count). The molecule has 194 valence electrons. The zero-order chi connectivity index (χ0) is 26.8. The Morgan fingerprint density at radius 1 is 0.526 bits per heavy atom. The third-order valence-corrected chi connectivity index (χ3v) is 6.29. The number of ether oxygens (including phenoxy) is 2. The lowest BCUT2D eigenvalue weighted by molar-refractivity contribution is -0.166. The number of rotatable bonds is 6. The van der Waals surface area contributed by atoms with E-state index in [4.69, 9.17) is 9.47 Å². The first-order valence-corrected chi connectivity index (χ1v) is 11.2. The Balaban J connectivity index is 1.17. The van der Waals surface area contributed by atoms with E-state index in [-0.39, 0.29) is 11.1 Å². The normalized spacial score (nSPS) is 17.3. The van der Waals surface area contributed by atoms with Crippen molar-refractivity contribution in [1.29, 1.82) is 0 Å². The Morgan fingerprint density at radius 2 is 0.974 bits per heavy atom. The van der Waals surface area contributed by atoms with Crippen LogP contribution in [0, 0.1) is 0 Å². The summed E-state index contributed by atoms with van der Waals surface area (Å²) in [7, 11) is 0. The summed E-state index contributed by atoms with van der Waals surface area (Å²) in [5.41, 5.74) is -0.506. The topological polar surface area (TPSA) is 87.1 Å². The minimum Gasteiger partial charge on any atom is -0.457 e. The van der Waals surface area contributed by atoms with E-state index in [1.165, 1.54) is 48.5 Å². The molecule has 0 spiro atoms. The molecule has 6 nitrogen and oxygen atoms in total. The fourth-order valence-electron chi connectivity index (χ4n) is 4.09. The van der Waals surface area contributed by atoms with Crippen molar-refractivity contribution in [2.45, 2.75) is 23.7 Å². The van der Waals surface area contributed by atoms with Crippen LogP contribution >= 0.6 is 0 Å². The van der Waals surface area contributed by atoms with Gasteiger partial charge in [-0.2, -0.15) is 26.3 Å². The summed E-state index contributed by atoms with van der Waals surface area (Å²) >= 11 is 0. The second kappa shape index (κ2) is 8.17. The zero-order valence-electron chi connectivity index (χ0n) is 19.1. The molecule has 0 bridgehead atoms. The second-order valence-corrected chi connectivity index (χ2v) is 8.79. The quantitative estimate of drug-likeness (QED) is 0.201. The van der Waals surface area contributed by atoms with Gasteiger partial charge in [0.05, 0.1) is 0 Å². The molecule has 2 aliphatic heterocycles. The summed E-state index contributed by atoms with van der Waals surface area (Å²) in [6.45, 7) is 0. The predicted octanol–water partition coefficient (Wildman–Crippen LogP) is 7.43. The van der Waals surface area contributed by atoms with Gasteiger partial charge in [0.25, 0.3) is 0 Å². The second-order valence-electron chi connectivity index (χ2n) is 8.79. The molecule has 1 fully saturated rings. The van der Waals surface area contributed by atoms with Crippen molar-refractivity contribution in [1.82, 2.24) is 10.9 Å². The van der Waals surface area contributed by atoms with Gasteiger partial charge in [-0.25, -0.2) is 10.9 Å². The lowest BCUT2D eigenvalue weighted by Crippen LogP contribution is -2.34. The van der Waals surface area contributed by atoms with Crippen LogP contribution in [0.4, 0.5) is 26.3 Å². The number of hydrogen-bond acceptors (Lipinski definition) is 6. The number of alkyl halides is 6. The highest BCUT2D eigenvalue weighted by Gasteiger charge is 2.66. The maximum Gasteiger partial charge on any atom is 0.442 e. The van der Waals surface area contributed by atoms with Gasteiger partial charge in [-0.05, 0) is 64.9 Å². The van der Waals surface area contributed by atoms with Gasteiger partial charge in [-0.3, -0.25) is 0 Å². The molecule has 1 saturated heterocycles. The molecule has 2 aliphatic rings. The first-order valence-electron chi connectivity index (χ1n) is 11.2. The number of hydrogen-bond donors (Lipinski definition) is 2. The van der Waals surface area contributed by atoms with Crippen LogP contribution in [0.5, 0.6) is 23.0 Å². The third-order valence-electron chi connectivity index (χ3n) is 6.29. The predicted molar refractivity (Wildman–Crippen MR) is 124 cm³/mol. The number of benzene rings is 4. The fraction of sp³-hybridized carbons (Fsp3) is 0.154. The Labute approximate surface area is 210 Å². The summed E-state index contributed by atoms with van der Waals surface area (Å²) < 4.78 is 90.9. The Bertz CT molecular complexity index is 1440. The molecule has 0 aromatic heterocycles. The van der Waals surface area contributed by atoms with Crippen molar-refractivity contribution < 1.29 is 35.8 Å². The number of hydrazine groups is 1. The van der Waals surface area contributed by atoms with Gasteiger partial charge in [0.15, 0.2) is 0 Å². The third kappa shape index (κ3) is 4.11. The van der Waals surface area contributed by atoms with Gasteiger partial charge in [0, 0.05) is 5.56 Å². The maximum atomic E-state index is 13.2. The smallest absolute Gasteiger partial charge is 0.442 e. The van der Waals surface area contributed by atoms with Gasteiger partial charge in [-0.15, -0.1) is 10.2 Å².